The van der Waals surface area contributed by atoms with Crippen molar-refractivity contribution in [3.8, 4) is 0 Å². The molecule has 1 aromatic rings. The van der Waals surface area contributed by atoms with E-state index in [1.54, 1.807) is 11.0 Å². The Kier molecular flexibility index (Phi) is 4.04. The molecule has 0 radical (unpaired) electrons. The Bertz CT molecular complexity index is 506. The maximum atomic E-state index is 12.4. The summed E-state index contributed by atoms with van der Waals surface area (Å²) < 4.78 is 0. The van der Waals surface area contributed by atoms with Crippen LogP contribution in [0.15, 0.2) is 18.5 Å². The van der Waals surface area contributed by atoms with Gasteiger partial charge in [-0.2, -0.15) is 0 Å². The Morgan fingerprint density at radius 1 is 1.47 bits per heavy atom. The van der Waals surface area contributed by atoms with Crippen molar-refractivity contribution < 1.29 is 14.7 Å². The second-order valence-corrected chi connectivity index (χ2v) is 5.35. The molecule has 0 spiro atoms. The molecule has 2 atom stereocenters. The molecular weight excluding hydrogens is 268 g/mol. The molecule has 1 aromatic heterocycles. The van der Waals surface area contributed by atoms with E-state index in [0.29, 0.717) is 18.5 Å². The molecule has 19 heavy (non-hydrogen) atoms. The topological polar surface area (TPSA) is 70.5 Å². The lowest BCUT2D eigenvalue weighted by molar-refractivity contribution is -0.143. The Labute approximate surface area is 116 Å². The molecule has 1 aliphatic heterocycles. The third-order valence-electron chi connectivity index (χ3n) is 3.30. The van der Waals surface area contributed by atoms with Crippen molar-refractivity contribution in [3.63, 3.8) is 0 Å². The zero-order valence-electron chi connectivity index (χ0n) is 10.5. The van der Waals surface area contributed by atoms with E-state index in [1.165, 1.54) is 12.4 Å². The van der Waals surface area contributed by atoms with E-state index in [-0.39, 0.29) is 23.4 Å². The summed E-state index contributed by atoms with van der Waals surface area (Å²) in [6, 6.07) is 1.56. The second kappa shape index (κ2) is 5.57. The zero-order chi connectivity index (χ0) is 14.0. The molecule has 0 bridgehead atoms. The number of nitrogens with zero attached hydrogens (tertiary/aromatic N) is 2. The van der Waals surface area contributed by atoms with Crippen LogP contribution in [0.2, 0.25) is 5.02 Å². The van der Waals surface area contributed by atoms with Crippen LogP contribution in [-0.4, -0.2) is 40.0 Å². The SMILES string of the molecule is CC1CC(C(=O)O)CN(C(=O)c2ccncc2Cl)C1. The molecule has 1 saturated heterocycles. The fourth-order valence-corrected chi connectivity index (χ4v) is 2.62. The Hall–Kier alpha value is -1.62. The first kappa shape index (κ1) is 13.8. The van der Waals surface area contributed by atoms with Gasteiger partial charge in [-0.05, 0) is 18.4 Å². The van der Waals surface area contributed by atoms with E-state index in [1.807, 2.05) is 6.92 Å². The van der Waals surface area contributed by atoms with Crippen molar-refractivity contribution in [1.29, 1.82) is 0 Å². The van der Waals surface area contributed by atoms with Crippen molar-refractivity contribution in [1.82, 2.24) is 9.88 Å². The smallest absolute Gasteiger partial charge is 0.308 e. The second-order valence-electron chi connectivity index (χ2n) is 4.94. The van der Waals surface area contributed by atoms with Crippen LogP contribution < -0.4 is 0 Å². The van der Waals surface area contributed by atoms with Crippen LogP contribution >= 0.6 is 11.6 Å². The van der Waals surface area contributed by atoms with Crippen molar-refractivity contribution in [2.75, 3.05) is 13.1 Å². The predicted molar refractivity (Wildman–Crippen MR) is 70.1 cm³/mol. The van der Waals surface area contributed by atoms with Crippen LogP contribution in [0.4, 0.5) is 0 Å². The highest BCUT2D eigenvalue weighted by Crippen LogP contribution is 2.24. The molecule has 5 nitrogen and oxygen atoms in total. The molecule has 6 heteroatoms. The summed E-state index contributed by atoms with van der Waals surface area (Å²) in [4.78, 5) is 28.8. The molecule has 1 N–H and O–H groups in total. The largest absolute Gasteiger partial charge is 0.481 e. The maximum Gasteiger partial charge on any atom is 0.308 e. The molecule has 2 rings (SSSR count). The predicted octanol–water partition coefficient (Wildman–Crippen LogP) is 1.92. The van der Waals surface area contributed by atoms with Gasteiger partial charge in [-0.15, -0.1) is 0 Å². The average molecular weight is 283 g/mol. The van der Waals surface area contributed by atoms with E-state index >= 15 is 0 Å². The highest BCUT2D eigenvalue weighted by Gasteiger charge is 2.32. The van der Waals surface area contributed by atoms with Gasteiger partial charge in [0.25, 0.3) is 5.91 Å². The number of rotatable bonds is 2. The minimum Gasteiger partial charge on any atom is -0.481 e. The summed E-state index contributed by atoms with van der Waals surface area (Å²) in [5.41, 5.74) is 0.370. The van der Waals surface area contributed by atoms with Crippen LogP contribution in [0.5, 0.6) is 0 Å². The summed E-state index contributed by atoms with van der Waals surface area (Å²) in [5, 5.41) is 9.40. The third kappa shape index (κ3) is 3.04. The van der Waals surface area contributed by atoms with Crippen LogP contribution in [0.25, 0.3) is 0 Å². The first-order valence-electron chi connectivity index (χ1n) is 6.10. The summed E-state index contributed by atoms with van der Waals surface area (Å²) >= 11 is 5.95. The fourth-order valence-electron chi connectivity index (χ4n) is 2.42. The highest BCUT2D eigenvalue weighted by molar-refractivity contribution is 6.33. The number of aromatic nitrogens is 1. The van der Waals surface area contributed by atoms with Crippen molar-refractivity contribution in [3.05, 3.63) is 29.0 Å². The normalized spacial score (nSPS) is 23.2. The molecule has 0 aromatic carbocycles. The monoisotopic (exact) mass is 282 g/mol. The fraction of sp³-hybridized carbons (Fsp3) is 0.462. The average Bonchev–Trinajstić information content (AvgIpc) is 2.37. The number of carbonyl (C=O) groups is 2. The number of pyridine rings is 1. The quantitative estimate of drug-likeness (QED) is 0.900. The molecular formula is C13H15ClN2O3. The number of amides is 1. The molecule has 1 fully saturated rings. The molecule has 2 unspecified atom stereocenters. The number of aliphatic carboxylic acids is 1. The minimum atomic E-state index is -0.856. The highest BCUT2D eigenvalue weighted by atomic mass is 35.5. The summed E-state index contributed by atoms with van der Waals surface area (Å²) in [5.74, 6) is -1.43. The van der Waals surface area contributed by atoms with Gasteiger partial charge in [0.05, 0.1) is 16.5 Å². The lowest BCUT2D eigenvalue weighted by atomic mass is 9.90. The Morgan fingerprint density at radius 3 is 2.84 bits per heavy atom. The zero-order valence-corrected chi connectivity index (χ0v) is 11.3. The number of carboxylic acid groups (broad SMARTS) is 1. The van der Waals surface area contributed by atoms with Crippen LogP contribution in [-0.2, 0) is 4.79 Å². The number of halogens is 1. The molecule has 102 valence electrons. The van der Waals surface area contributed by atoms with Crippen molar-refractivity contribution >= 4 is 23.5 Å². The van der Waals surface area contributed by atoms with Gasteiger partial charge in [-0.3, -0.25) is 14.6 Å². The molecule has 0 saturated carbocycles. The lowest BCUT2D eigenvalue weighted by Crippen LogP contribution is -2.45. The van der Waals surface area contributed by atoms with Crippen LogP contribution in [0, 0.1) is 11.8 Å². The summed E-state index contributed by atoms with van der Waals surface area (Å²) in [6.45, 7) is 2.74. The lowest BCUT2D eigenvalue weighted by Gasteiger charge is -2.34. The van der Waals surface area contributed by atoms with E-state index in [2.05, 4.69) is 4.98 Å². The molecule has 0 aliphatic carbocycles. The maximum absolute atomic E-state index is 12.4. The van der Waals surface area contributed by atoms with E-state index in [4.69, 9.17) is 16.7 Å². The van der Waals surface area contributed by atoms with Gasteiger partial charge < -0.3 is 10.0 Å². The van der Waals surface area contributed by atoms with Gasteiger partial charge in [0.2, 0.25) is 0 Å². The number of carbonyl (C=O) groups excluding carboxylic acids is 1. The number of likely N-dealkylation sites (tertiary alicyclic amines) is 1. The van der Waals surface area contributed by atoms with Crippen LogP contribution in [0.3, 0.4) is 0 Å². The van der Waals surface area contributed by atoms with Crippen molar-refractivity contribution in [2.24, 2.45) is 11.8 Å². The van der Waals surface area contributed by atoms with Crippen molar-refractivity contribution in [2.45, 2.75) is 13.3 Å². The van der Waals surface area contributed by atoms with E-state index in [9.17, 15) is 9.59 Å². The molecule has 2 heterocycles. The van der Waals surface area contributed by atoms with Gasteiger partial charge in [-0.25, -0.2) is 0 Å². The van der Waals surface area contributed by atoms with Gasteiger partial charge in [0.15, 0.2) is 0 Å². The number of piperidine rings is 1. The Morgan fingerprint density at radius 2 is 2.21 bits per heavy atom. The summed E-state index contributed by atoms with van der Waals surface area (Å²) in [7, 11) is 0. The Balaban J connectivity index is 2.19. The molecule has 1 amide bonds. The van der Waals surface area contributed by atoms with Crippen LogP contribution in [0.1, 0.15) is 23.7 Å². The van der Waals surface area contributed by atoms with E-state index < -0.39 is 11.9 Å². The summed E-state index contributed by atoms with van der Waals surface area (Å²) in [6.07, 6.45) is 3.52. The van der Waals surface area contributed by atoms with Gasteiger partial charge in [0, 0.05) is 25.5 Å². The number of carboxylic acids is 1. The number of hydrogen-bond acceptors (Lipinski definition) is 3. The number of hydrogen-bond donors (Lipinski definition) is 1. The third-order valence-corrected chi connectivity index (χ3v) is 3.60. The first-order valence-corrected chi connectivity index (χ1v) is 6.48. The minimum absolute atomic E-state index is 0.166. The molecule has 1 aliphatic rings. The van der Waals surface area contributed by atoms with Gasteiger partial charge >= 0.3 is 5.97 Å². The van der Waals surface area contributed by atoms with Gasteiger partial charge in [0.1, 0.15) is 0 Å². The first-order chi connectivity index (χ1) is 8.99. The van der Waals surface area contributed by atoms with Gasteiger partial charge in [-0.1, -0.05) is 18.5 Å². The standard InChI is InChI=1S/C13H15ClN2O3/c1-8-4-9(13(18)19)7-16(6-8)12(17)10-2-3-15-5-11(10)14/h2-3,5,8-9H,4,6-7H2,1H3,(H,18,19). The van der Waals surface area contributed by atoms with E-state index in [0.717, 1.165) is 0 Å².